The van der Waals surface area contributed by atoms with Gasteiger partial charge in [0.15, 0.2) is 18.5 Å². The number of aromatic amines is 1. The molecule has 2 saturated heterocycles. The molecule has 17 N–H and O–H groups in total. The van der Waals surface area contributed by atoms with Crippen molar-refractivity contribution in [3.05, 3.63) is 33.1 Å². The Hall–Kier alpha value is -5.26. The molecule has 2 fully saturated rings. The van der Waals surface area contributed by atoms with Crippen LogP contribution in [-0.4, -0.2) is 181 Å². The molecule has 4 heterocycles. The van der Waals surface area contributed by atoms with Gasteiger partial charge in [-0.15, -0.1) is 0 Å². The van der Waals surface area contributed by atoms with Gasteiger partial charge in [-0.3, -0.25) is 33.7 Å². The number of carbonyl (C=O) groups excluding carboxylic acids is 3. The van der Waals surface area contributed by atoms with Gasteiger partial charge in [0, 0.05) is 31.9 Å². The molecule has 14 atom stereocenters. The number of nitrogens with two attached hydrogens (primary N) is 2. The fraction of sp³-hybridized carbons (Fsp3) is 0.792. The Balaban J connectivity index is 1.46. The molecular weight excluding hydrogens is 987 g/mol. The number of carboxylic acid groups (broad SMARTS) is 2. The summed E-state index contributed by atoms with van der Waals surface area (Å²) >= 11 is 0. The molecule has 27 nitrogen and oxygen atoms in total. The molecule has 75 heavy (non-hydrogen) atoms. The maximum Gasteiger partial charge on any atom is 0.330 e. The average Bonchev–Trinajstić information content (AvgIpc) is 3.81. The van der Waals surface area contributed by atoms with Crippen LogP contribution in [-0.2, 0) is 33.4 Å². The molecule has 4 rings (SSSR count). The molecule has 0 aromatic carbocycles. The van der Waals surface area contributed by atoms with E-state index in [9.17, 15) is 64.2 Å². The van der Waals surface area contributed by atoms with E-state index in [4.69, 9.17) is 25.7 Å². The second kappa shape index (κ2) is 31.7. The van der Waals surface area contributed by atoms with Crippen LogP contribution in [0.5, 0.6) is 0 Å². The summed E-state index contributed by atoms with van der Waals surface area (Å²) in [7, 11) is 0. The van der Waals surface area contributed by atoms with Crippen LogP contribution in [0.25, 0.3) is 0 Å². The smallest absolute Gasteiger partial charge is 0.330 e. The van der Waals surface area contributed by atoms with Crippen LogP contribution in [0.3, 0.4) is 0 Å². The van der Waals surface area contributed by atoms with E-state index in [1.54, 1.807) is 13.8 Å². The van der Waals surface area contributed by atoms with E-state index in [-0.39, 0.29) is 51.4 Å². The molecular formula is C48H83N11O16. The number of carboxylic acids is 2. The number of aliphatic carboxylic acids is 2. The number of nitrogens with zero attached hydrogens (tertiary/aromatic N) is 2. The molecule has 0 spiro atoms. The molecule has 1 aromatic rings. The van der Waals surface area contributed by atoms with Crippen molar-refractivity contribution in [2.75, 3.05) is 26.2 Å². The normalized spacial score (nSPS) is 25.6. The van der Waals surface area contributed by atoms with Crippen molar-refractivity contribution in [1.29, 1.82) is 0 Å². The lowest BCUT2D eigenvalue weighted by atomic mass is 9.98. The number of nitrogens with one attached hydrogen (secondary N) is 7. The van der Waals surface area contributed by atoms with Gasteiger partial charge in [0.25, 0.3) is 5.56 Å². The number of aliphatic hydroxyl groups excluding tert-OH is 4. The minimum Gasteiger partial charge on any atom is -0.480 e. The van der Waals surface area contributed by atoms with E-state index in [1.165, 1.54) is 44.9 Å². The number of ether oxygens (including phenoxy) is 3. The van der Waals surface area contributed by atoms with Gasteiger partial charge in [0.1, 0.15) is 66.9 Å². The molecule has 4 amide bonds. The summed E-state index contributed by atoms with van der Waals surface area (Å²) in [6.07, 6.45) is 0.472. The van der Waals surface area contributed by atoms with E-state index in [2.05, 4.69) is 43.8 Å². The number of unbranched alkanes of at least 4 members (excludes halogenated alkanes) is 12. The molecule has 0 saturated carbocycles. The number of aromatic nitrogens is 2. The lowest BCUT2D eigenvalue weighted by Crippen LogP contribution is -2.64. The summed E-state index contributed by atoms with van der Waals surface area (Å²) in [5, 5.41) is 80.0. The van der Waals surface area contributed by atoms with Crippen LogP contribution in [0.15, 0.2) is 26.8 Å². The van der Waals surface area contributed by atoms with Gasteiger partial charge in [0.05, 0.1) is 6.04 Å². The lowest BCUT2D eigenvalue weighted by Gasteiger charge is -2.33. The highest BCUT2D eigenvalue weighted by Gasteiger charge is 2.54. The Morgan fingerprint density at radius 1 is 0.800 bits per heavy atom. The maximum atomic E-state index is 14.2. The van der Waals surface area contributed by atoms with Crippen LogP contribution in [0.2, 0.25) is 0 Å². The zero-order valence-electron chi connectivity index (χ0n) is 43.3. The second-order valence-electron chi connectivity index (χ2n) is 19.8. The Morgan fingerprint density at radius 3 is 1.99 bits per heavy atom. The first-order valence-corrected chi connectivity index (χ1v) is 26.4. The quantitative estimate of drug-likeness (QED) is 0.0329. The molecule has 27 heteroatoms. The standard InChI is InChI=1S/C48H83N11O16/c1-4-5-6-7-8-9-10-11-12-13-14-15-16-18-28(54-41(66)32(27-19-23-53-46(50)55-27)58-47(71)57-31(26(2)3)43(67)68)40(65)52-22-17-21-51-33(44(69)70)38(75-45-37(64)34(61)29(25-49)73-45)39-35(62)36(63)42(74-39)59-24-20-30(60)56-48(59)72/h20,24,26-29,31-39,42,45,51,61-64H,4-19,21-23,25,49H2,1-3H3,(H,52,65)(H,54,66)(H,67,68)(H,69,70)(H3,50,53,55)(H,56,60,72)(H2,57,58,71)/t27-,28-,29+,31-,32-,33-,34+,35-,36+,37+,38-,39-,42+,45-/m0/s1. The van der Waals surface area contributed by atoms with Gasteiger partial charge in [-0.2, -0.15) is 0 Å². The van der Waals surface area contributed by atoms with Crippen molar-refractivity contribution in [1.82, 2.24) is 41.5 Å². The van der Waals surface area contributed by atoms with Crippen molar-refractivity contribution in [3.63, 3.8) is 0 Å². The summed E-state index contributed by atoms with van der Waals surface area (Å²) in [5.41, 5.74) is 9.85. The number of guanidine groups is 1. The first-order valence-electron chi connectivity index (χ1n) is 26.4. The molecule has 0 unspecified atom stereocenters. The van der Waals surface area contributed by atoms with E-state index in [1.807, 2.05) is 4.98 Å². The Labute approximate surface area is 435 Å². The van der Waals surface area contributed by atoms with Crippen molar-refractivity contribution in [2.24, 2.45) is 22.4 Å². The van der Waals surface area contributed by atoms with Crippen LogP contribution in [0, 0.1) is 5.92 Å². The number of H-pyrrole nitrogens is 1. The molecule has 0 aliphatic carbocycles. The predicted molar refractivity (Wildman–Crippen MR) is 271 cm³/mol. The topological polar surface area (TPSA) is 426 Å². The Bertz CT molecular complexity index is 2110. The largest absolute Gasteiger partial charge is 0.480 e. The highest BCUT2D eigenvalue weighted by molar-refractivity contribution is 5.93. The minimum atomic E-state index is -1.93. The molecule has 0 bridgehead atoms. The number of hydrogen-bond acceptors (Lipinski definition) is 19. The van der Waals surface area contributed by atoms with Gasteiger partial charge < -0.3 is 88.2 Å². The summed E-state index contributed by atoms with van der Waals surface area (Å²) in [5.74, 6) is -4.66. The Morgan fingerprint density at radius 2 is 1.43 bits per heavy atom. The molecule has 0 radical (unpaired) electrons. The van der Waals surface area contributed by atoms with Crippen LogP contribution >= 0.6 is 0 Å². The predicted octanol–water partition coefficient (Wildman–Crippen LogP) is -2.08. The molecule has 3 aliphatic heterocycles. The monoisotopic (exact) mass is 1070 g/mol. The van der Waals surface area contributed by atoms with E-state index >= 15 is 0 Å². The van der Waals surface area contributed by atoms with Crippen molar-refractivity contribution < 1.29 is 68.8 Å². The van der Waals surface area contributed by atoms with E-state index in [0.29, 0.717) is 6.42 Å². The van der Waals surface area contributed by atoms with Crippen LogP contribution in [0.1, 0.15) is 130 Å². The van der Waals surface area contributed by atoms with Gasteiger partial charge in [-0.05, 0) is 31.7 Å². The number of carbonyl (C=O) groups is 5. The number of urea groups is 1. The van der Waals surface area contributed by atoms with E-state index in [0.717, 1.165) is 48.9 Å². The number of aliphatic hydroxyl groups is 4. The van der Waals surface area contributed by atoms with Crippen molar-refractivity contribution in [2.45, 2.75) is 209 Å². The van der Waals surface area contributed by atoms with Crippen molar-refractivity contribution >= 4 is 35.7 Å². The first-order chi connectivity index (χ1) is 35.8. The number of rotatable bonds is 34. The fourth-order valence-corrected chi connectivity index (χ4v) is 9.33. The number of amides is 4. The van der Waals surface area contributed by atoms with Crippen LogP contribution in [0.4, 0.5) is 4.79 Å². The zero-order chi connectivity index (χ0) is 55.2. The first kappa shape index (κ1) is 62.3. The molecule has 3 aliphatic rings. The Kier molecular flexibility index (Phi) is 26.3. The SMILES string of the molecule is CCCCCCCCCCCCCCC[C@H](NC(=O)[C@@H](NC(=O)N[C@H](C(=O)O)C(C)C)[C@@H]1CCN=C(N)N1)C(=O)NCCCN[C@H](C(=O)O)[C@H](O[C@@H]1O[C@H](CN)[C@@H](O)[C@H]1O)[C@H]1O[C@@H](n2ccc(=O)[nH]c2=O)[C@H](O)[C@@H]1O. The summed E-state index contributed by atoms with van der Waals surface area (Å²) in [6, 6.07) is -6.31. The zero-order valence-corrected chi connectivity index (χ0v) is 43.3. The van der Waals surface area contributed by atoms with Gasteiger partial charge >= 0.3 is 23.7 Å². The third-order valence-electron chi connectivity index (χ3n) is 13.7. The molecule has 426 valence electrons. The number of aliphatic imine (C=N–C) groups is 1. The minimum absolute atomic E-state index is 0.0228. The van der Waals surface area contributed by atoms with Crippen LogP contribution < -0.4 is 54.6 Å². The maximum absolute atomic E-state index is 14.2. The summed E-state index contributed by atoms with van der Waals surface area (Å²) in [4.78, 5) is 96.8. The lowest BCUT2D eigenvalue weighted by molar-refractivity contribution is -0.228. The highest BCUT2D eigenvalue weighted by atomic mass is 16.7. The fourth-order valence-electron chi connectivity index (χ4n) is 9.33. The third-order valence-corrected chi connectivity index (χ3v) is 13.7. The summed E-state index contributed by atoms with van der Waals surface area (Å²) < 4.78 is 18.1. The van der Waals surface area contributed by atoms with Gasteiger partial charge in [-0.1, -0.05) is 104 Å². The van der Waals surface area contributed by atoms with Gasteiger partial charge in [-0.25, -0.2) is 14.4 Å². The third kappa shape index (κ3) is 19.1. The highest BCUT2D eigenvalue weighted by Crippen LogP contribution is 2.34. The second-order valence-corrected chi connectivity index (χ2v) is 19.8. The number of hydrogen-bond donors (Lipinski definition) is 15. The van der Waals surface area contributed by atoms with Crippen molar-refractivity contribution in [3.8, 4) is 0 Å². The molecule has 1 aromatic heterocycles. The average molecular weight is 1070 g/mol. The van der Waals surface area contributed by atoms with Gasteiger partial charge in [0.2, 0.25) is 11.8 Å². The summed E-state index contributed by atoms with van der Waals surface area (Å²) in [6.45, 7) is 5.14. The van der Waals surface area contributed by atoms with E-state index < -0.39 is 132 Å².